The van der Waals surface area contributed by atoms with E-state index in [1.807, 2.05) is 37.3 Å². The standard InChI is InChI=1S/C15H17N3O3/c1-2-12(8-14(19)20)17-15(21)11-9-16-18(10-11)13-6-4-3-5-7-13/h3-7,9-10,12H,2,8H2,1H3,(H,17,21)(H,19,20). The van der Waals surface area contributed by atoms with Crippen molar-refractivity contribution in [3.63, 3.8) is 0 Å². The van der Waals surface area contributed by atoms with Crippen molar-refractivity contribution < 1.29 is 14.7 Å². The lowest BCUT2D eigenvalue weighted by Gasteiger charge is -2.13. The van der Waals surface area contributed by atoms with Crippen LogP contribution < -0.4 is 5.32 Å². The lowest BCUT2D eigenvalue weighted by Crippen LogP contribution is -2.35. The van der Waals surface area contributed by atoms with Gasteiger partial charge < -0.3 is 10.4 Å². The first-order chi connectivity index (χ1) is 10.1. The van der Waals surface area contributed by atoms with Crippen molar-refractivity contribution in [3.05, 3.63) is 48.3 Å². The molecule has 2 N–H and O–H groups in total. The van der Waals surface area contributed by atoms with Gasteiger partial charge in [0.15, 0.2) is 0 Å². The van der Waals surface area contributed by atoms with Crippen LogP contribution in [0.3, 0.4) is 0 Å². The number of aliphatic carboxylic acids is 1. The summed E-state index contributed by atoms with van der Waals surface area (Å²) in [5, 5.41) is 15.6. The highest BCUT2D eigenvalue weighted by Gasteiger charge is 2.16. The maximum absolute atomic E-state index is 12.1. The summed E-state index contributed by atoms with van der Waals surface area (Å²) in [4.78, 5) is 22.8. The van der Waals surface area contributed by atoms with Crippen LogP contribution in [0.15, 0.2) is 42.7 Å². The first kappa shape index (κ1) is 14.8. The van der Waals surface area contributed by atoms with Crippen LogP contribution in [-0.4, -0.2) is 32.8 Å². The second-order valence-corrected chi connectivity index (χ2v) is 4.69. The molecule has 1 unspecified atom stereocenters. The van der Waals surface area contributed by atoms with Crippen molar-refractivity contribution in [2.75, 3.05) is 0 Å². The van der Waals surface area contributed by atoms with Gasteiger partial charge in [-0.3, -0.25) is 9.59 Å². The molecule has 0 bridgehead atoms. The summed E-state index contributed by atoms with van der Waals surface area (Å²) in [5.74, 6) is -1.24. The largest absolute Gasteiger partial charge is 0.481 e. The highest BCUT2D eigenvalue weighted by atomic mass is 16.4. The molecule has 1 heterocycles. The summed E-state index contributed by atoms with van der Waals surface area (Å²) in [6.45, 7) is 1.83. The smallest absolute Gasteiger partial charge is 0.305 e. The van der Waals surface area contributed by atoms with Gasteiger partial charge in [0.2, 0.25) is 0 Å². The van der Waals surface area contributed by atoms with E-state index in [-0.39, 0.29) is 18.4 Å². The molecule has 0 aliphatic heterocycles. The number of rotatable bonds is 6. The fourth-order valence-electron chi connectivity index (χ4n) is 1.94. The number of carbonyl (C=O) groups is 2. The van der Waals surface area contributed by atoms with E-state index in [0.717, 1.165) is 5.69 Å². The minimum atomic E-state index is -0.929. The Morgan fingerprint density at radius 3 is 2.67 bits per heavy atom. The van der Waals surface area contributed by atoms with Gasteiger partial charge in [-0.15, -0.1) is 0 Å². The first-order valence-electron chi connectivity index (χ1n) is 6.73. The van der Waals surface area contributed by atoms with Gasteiger partial charge in [0.1, 0.15) is 0 Å². The van der Waals surface area contributed by atoms with E-state index in [1.54, 1.807) is 10.9 Å². The summed E-state index contributed by atoms with van der Waals surface area (Å²) >= 11 is 0. The highest BCUT2D eigenvalue weighted by Crippen LogP contribution is 2.08. The molecular weight excluding hydrogens is 270 g/mol. The number of nitrogens with one attached hydrogen (secondary N) is 1. The van der Waals surface area contributed by atoms with Crippen molar-refractivity contribution in [1.29, 1.82) is 0 Å². The van der Waals surface area contributed by atoms with E-state index in [1.165, 1.54) is 6.20 Å². The molecule has 1 aromatic carbocycles. The monoisotopic (exact) mass is 287 g/mol. The lowest BCUT2D eigenvalue weighted by molar-refractivity contribution is -0.137. The van der Waals surface area contributed by atoms with Crippen molar-refractivity contribution in [2.45, 2.75) is 25.8 Å². The van der Waals surface area contributed by atoms with E-state index in [9.17, 15) is 9.59 Å². The zero-order valence-electron chi connectivity index (χ0n) is 11.7. The maximum atomic E-state index is 12.1. The number of para-hydroxylation sites is 1. The Labute approximate surface area is 122 Å². The van der Waals surface area contributed by atoms with E-state index in [0.29, 0.717) is 12.0 Å². The summed E-state index contributed by atoms with van der Waals surface area (Å²) < 4.78 is 1.60. The summed E-state index contributed by atoms with van der Waals surface area (Å²) in [6, 6.07) is 9.06. The molecule has 0 saturated carbocycles. The normalized spacial score (nSPS) is 11.9. The predicted octanol–water partition coefficient (Wildman–Crippen LogP) is 1.86. The van der Waals surface area contributed by atoms with Crippen LogP contribution in [-0.2, 0) is 4.79 Å². The van der Waals surface area contributed by atoms with Gasteiger partial charge in [-0.1, -0.05) is 25.1 Å². The van der Waals surface area contributed by atoms with E-state index >= 15 is 0 Å². The van der Waals surface area contributed by atoms with Crippen LogP contribution in [0.1, 0.15) is 30.1 Å². The number of benzene rings is 1. The Morgan fingerprint density at radius 2 is 2.05 bits per heavy atom. The number of amides is 1. The van der Waals surface area contributed by atoms with Crippen LogP contribution >= 0.6 is 0 Å². The molecule has 21 heavy (non-hydrogen) atoms. The lowest BCUT2D eigenvalue weighted by atomic mass is 10.1. The van der Waals surface area contributed by atoms with Crippen LogP contribution in [0.4, 0.5) is 0 Å². The molecular formula is C15H17N3O3. The van der Waals surface area contributed by atoms with Gasteiger partial charge in [-0.2, -0.15) is 5.10 Å². The van der Waals surface area contributed by atoms with Crippen molar-refractivity contribution in [2.24, 2.45) is 0 Å². The van der Waals surface area contributed by atoms with Gasteiger partial charge in [0.25, 0.3) is 5.91 Å². The topological polar surface area (TPSA) is 84.2 Å². The fourth-order valence-corrected chi connectivity index (χ4v) is 1.94. The summed E-state index contributed by atoms with van der Waals surface area (Å²) in [7, 11) is 0. The minimum Gasteiger partial charge on any atom is -0.481 e. The minimum absolute atomic E-state index is 0.0882. The van der Waals surface area contributed by atoms with Gasteiger partial charge >= 0.3 is 5.97 Å². The van der Waals surface area contributed by atoms with Crippen LogP contribution in [0.25, 0.3) is 5.69 Å². The Balaban J connectivity index is 2.07. The average molecular weight is 287 g/mol. The quantitative estimate of drug-likeness (QED) is 0.849. The molecule has 1 amide bonds. The molecule has 0 aliphatic rings. The third kappa shape index (κ3) is 3.92. The Bertz CT molecular complexity index is 622. The highest BCUT2D eigenvalue weighted by molar-refractivity contribution is 5.94. The Kier molecular flexibility index (Phi) is 4.71. The number of carboxylic acids is 1. The molecule has 1 atom stereocenters. The third-order valence-corrected chi connectivity index (χ3v) is 3.11. The Morgan fingerprint density at radius 1 is 1.33 bits per heavy atom. The number of carbonyl (C=O) groups excluding carboxylic acids is 1. The molecule has 2 aromatic rings. The zero-order valence-corrected chi connectivity index (χ0v) is 11.7. The predicted molar refractivity (Wildman–Crippen MR) is 77.4 cm³/mol. The zero-order chi connectivity index (χ0) is 15.2. The number of aromatic nitrogens is 2. The van der Waals surface area contributed by atoms with E-state index in [2.05, 4.69) is 10.4 Å². The maximum Gasteiger partial charge on any atom is 0.305 e. The number of nitrogens with zero attached hydrogens (tertiary/aromatic N) is 2. The van der Waals surface area contributed by atoms with Crippen LogP contribution in [0.2, 0.25) is 0 Å². The number of hydrogen-bond acceptors (Lipinski definition) is 3. The molecule has 0 radical (unpaired) electrons. The molecule has 110 valence electrons. The van der Waals surface area contributed by atoms with E-state index in [4.69, 9.17) is 5.11 Å². The molecule has 0 fully saturated rings. The van der Waals surface area contributed by atoms with Gasteiger partial charge in [-0.25, -0.2) is 4.68 Å². The Hall–Kier alpha value is -2.63. The van der Waals surface area contributed by atoms with Gasteiger partial charge in [0, 0.05) is 12.2 Å². The SMILES string of the molecule is CCC(CC(=O)O)NC(=O)c1cnn(-c2ccccc2)c1. The molecule has 6 heteroatoms. The van der Waals surface area contributed by atoms with Crippen molar-refractivity contribution >= 4 is 11.9 Å². The van der Waals surface area contributed by atoms with Crippen LogP contribution in [0, 0.1) is 0 Å². The van der Waals surface area contributed by atoms with Crippen LogP contribution in [0.5, 0.6) is 0 Å². The molecule has 0 aliphatic carbocycles. The summed E-state index contributed by atoms with van der Waals surface area (Å²) in [6.07, 6.45) is 3.56. The van der Waals surface area contributed by atoms with Gasteiger partial charge in [-0.05, 0) is 18.6 Å². The second kappa shape index (κ2) is 6.69. The average Bonchev–Trinajstić information content (AvgIpc) is 2.97. The molecule has 1 aromatic heterocycles. The van der Waals surface area contributed by atoms with Crippen molar-refractivity contribution in [1.82, 2.24) is 15.1 Å². The molecule has 0 saturated heterocycles. The third-order valence-electron chi connectivity index (χ3n) is 3.11. The first-order valence-corrected chi connectivity index (χ1v) is 6.73. The molecule has 0 spiro atoms. The number of carboxylic acid groups (broad SMARTS) is 1. The summed E-state index contributed by atoms with van der Waals surface area (Å²) in [5.41, 5.74) is 1.26. The number of hydrogen-bond donors (Lipinski definition) is 2. The van der Waals surface area contributed by atoms with Gasteiger partial charge in [0.05, 0.1) is 23.9 Å². The van der Waals surface area contributed by atoms with E-state index < -0.39 is 5.97 Å². The van der Waals surface area contributed by atoms with Crippen molar-refractivity contribution in [3.8, 4) is 5.69 Å². The second-order valence-electron chi connectivity index (χ2n) is 4.69. The molecule has 6 nitrogen and oxygen atoms in total. The molecule has 2 rings (SSSR count). The fraction of sp³-hybridized carbons (Fsp3) is 0.267.